The molecule has 1 aliphatic heterocycles. The Morgan fingerprint density at radius 3 is 2.96 bits per heavy atom. The third kappa shape index (κ3) is 4.30. The summed E-state index contributed by atoms with van der Waals surface area (Å²) in [5.74, 6) is 2.15. The zero-order valence-corrected chi connectivity index (χ0v) is 14.3. The van der Waals surface area contributed by atoms with Crippen LogP contribution in [0, 0.1) is 24.6 Å². The molecule has 3 rings (SSSR count). The van der Waals surface area contributed by atoms with Crippen LogP contribution in [-0.2, 0) is 6.42 Å². The number of aromatic nitrogens is 2. The molecular weight excluding hydrogens is 317 g/mol. The van der Waals surface area contributed by atoms with E-state index in [0.29, 0.717) is 29.1 Å². The van der Waals surface area contributed by atoms with Gasteiger partial charge in [0.2, 0.25) is 11.7 Å². The molecule has 126 valence electrons. The minimum Gasteiger partial charge on any atom is -0.339 e. The third-order valence-electron chi connectivity index (χ3n) is 4.52. The number of benzene rings is 1. The van der Waals surface area contributed by atoms with Gasteiger partial charge in [0.05, 0.1) is 0 Å². The topological polar surface area (TPSA) is 51.0 Å². The summed E-state index contributed by atoms with van der Waals surface area (Å²) in [6.45, 7) is 6.17. The fourth-order valence-electron chi connectivity index (χ4n) is 3.05. The van der Waals surface area contributed by atoms with Crippen molar-refractivity contribution < 1.29 is 8.91 Å². The van der Waals surface area contributed by atoms with Crippen molar-refractivity contribution in [1.29, 1.82) is 0 Å². The summed E-state index contributed by atoms with van der Waals surface area (Å²) in [6.07, 6.45) is 3.28. The second kappa shape index (κ2) is 7.88. The molecule has 4 nitrogen and oxygen atoms in total. The second-order valence-corrected chi connectivity index (χ2v) is 6.26. The van der Waals surface area contributed by atoms with Gasteiger partial charge in [-0.05, 0) is 68.5 Å². The van der Waals surface area contributed by atoms with Gasteiger partial charge in [-0.2, -0.15) is 4.98 Å². The van der Waals surface area contributed by atoms with Crippen molar-refractivity contribution in [2.24, 2.45) is 11.8 Å². The molecule has 0 saturated carbocycles. The highest BCUT2D eigenvalue weighted by atomic mass is 35.5. The van der Waals surface area contributed by atoms with E-state index in [4.69, 9.17) is 4.52 Å². The minimum atomic E-state index is -0.217. The van der Waals surface area contributed by atoms with E-state index in [1.165, 1.54) is 18.9 Å². The van der Waals surface area contributed by atoms with Gasteiger partial charge in [0.25, 0.3) is 0 Å². The first kappa shape index (κ1) is 17.9. The molecule has 6 heteroatoms. The van der Waals surface area contributed by atoms with E-state index in [0.717, 1.165) is 25.1 Å². The van der Waals surface area contributed by atoms with Crippen molar-refractivity contribution in [2.75, 3.05) is 13.1 Å². The number of aryl methyl sites for hydroxylation is 1. The predicted molar refractivity (Wildman–Crippen MR) is 90.1 cm³/mol. The molecule has 1 aliphatic rings. The molecule has 0 aliphatic carbocycles. The highest BCUT2D eigenvalue weighted by molar-refractivity contribution is 5.85. The molecular formula is C17H23ClFN3O. The van der Waals surface area contributed by atoms with Crippen LogP contribution in [0.3, 0.4) is 0 Å². The van der Waals surface area contributed by atoms with Crippen LogP contribution in [0.1, 0.15) is 31.2 Å². The zero-order valence-electron chi connectivity index (χ0n) is 13.5. The number of nitrogens with one attached hydrogen (secondary N) is 1. The van der Waals surface area contributed by atoms with Gasteiger partial charge in [0, 0.05) is 12.0 Å². The van der Waals surface area contributed by atoms with Crippen LogP contribution in [0.25, 0.3) is 11.4 Å². The summed E-state index contributed by atoms with van der Waals surface area (Å²) >= 11 is 0. The van der Waals surface area contributed by atoms with Crippen molar-refractivity contribution in [3.05, 3.63) is 35.5 Å². The van der Waals surface area contributed by atoms with E-state index in [1.807, 2.05) is 0 Å². The molecule has 0 amide bonds. The van der Waals surface area contributed by atoms with Gasteiger partial charge in [0.1, 0.15) is 5.82 Å². The van der Waals surface area contributed by atoms with Gasteiger partial charge in [0.15, 0.2) is 0 Å². The van der Waals surface area contributed by atoms with Crippen molar-refractivity contribution in [1.82, 2.24) is 15.5 Å². The van der Waals surface area contributed by atoms with Crippen LogP contribution in [0.4, 0.5) is 4.39 Å². The highest BCUT2D eigenvalue weighted by Crippen LogP contribution is 2.24. The maximum absolute atomic E-state index is 13.3. The minimum absolute atomic E-state index is 0. The van der Waals surface area contributed by atoms with E-state index in [1.54, 1.807) is 19.1 Å². The van der Waals surface area contributed by atoms with Crippen molar-refractivity contribution in [3.63, 3.8) is 0 Å². The van der Waals surface area contributed by atoms with Gasteiger partial charge < -0.3 is 9.84 Å². The second-order valence-electron chi connectivity index (χ2n) is 6.26. The Labute approximate surface area is 142 Å². The van der Waals surface area contributed by atoms with E-state index in [-0.39, 0.29) is 18.2 Å². The Bertz CT molecular complexity index is 641. The summed E-state index contributed by atoms with van der Waals surface area (Å²) in [6, 6.07) is 4.88. The Kier molecular flexibility index (Phi) is 6.13. The normalized spacial score (nSPS) is 19.2. The number of rotatable bonds is 4. The molecule has 1 N–H and O–H groups in total. The van der Waals surface area contributed by atoms with Crippen LogP contribution < -0.4 is 5.32 Å². The van der Waals surface area contributed by atoms with Gasteiger partial charge in [-0.15, -0.1) is 12.4 Å². The van der Waals surface area contributed by atoms with Gasteiger partial charge in [-0.25, -0.2) is 4.39 Å². The maximum atomic E-state index is 13.3. The first-order valence-corrected chi connectivity index (χ1v) is 7.93. The summed E-state index contributed by atoms with van der Waals surface area (Å²) in [4.78, 5) is 4.47. The molecule has 1 saturated heterocycles. The molecule has 23 heavy (non-hydrogen) atoms. The lowest BCUT2D eigenvalue weighted by Gasteiger charge is -2.27. The Balaban J connectivity index is 0.00000192. The van der Waals surface area contributed by atoms with Gasteiger partial charge in [-0.3, -0.25) is 0 Å². The lowest BCUT2D eigenvalue weighted by Crippen LogP contribution is -2.33. The average molecular weight is 340 g/mol. The number of hydrogen-bond acceptors (Lipinski definition) is 4. The predicted octanol–water partition coefficient (Wildman–Crippen LogP) is 3.78. The summed E-state index contributed by atoms with van der Waals surface area (Å²) in [5, 5.41) is 7.47. The Morgan fingerprint density at radius 2 is 2.26 bits per heavy atom. The lowest BCUT2D eigenvalue weighted by atomic mass is 9.85. The van der Waals surface area contributed by atoms with E-state index < -0.39 is 0 Å². The average Bonchev–Trinajstić information content (AvgIpc) is 2.99. The van der Waals surface area contributed by atoms with Crippen molar-refractivity contribution in [2.45, 2.75) is 33.1 Å². The Morgan fingerprint density at radius 1 is 1.43 bits per heavy atom. The standard InChI is InChI=1S/C17H22FN3O.ClH/c1-11(14-4-3-7-19-10-14)9-16-20-17(21-22-16)13-5-6-15(18)12(2)8-13;/h5-6,8,11,14,19H,3-4,7,9-10H2,1-2H3;1H. The number of nitrogens with zero attached hydrogens (tertiary/aromatic N) is 2. The fourth-order valence-corrected chi connectivity index (χ4v) is 3.05. The molecule has 2 heterocycles. The van der Waals surface area contributed by atoms with Crippen LogP contribution in [-0.4, -0.2) is 23.2 Å². The summed E-state index contributed by atoms with van der Waals surface area (Å²) in [7, 11) is 0. The van der Waals surface area contributed by atoms with Crippen LogP contribution in [0.2, 0.25) is 0 Å². The summed E-state index contributed by atoms with van der Waals surface area (Å²) < 4.78 is 18.7. The SMILES string of the molecule is Cc1cc(-c2noc(CC(C)C3CCCNC3)n2)ccc1F.Cl. The molecule has 1 fully saturated rings. The first-order valence-electron chi connectivity index (χ1n) is 7.93. The largest absolute Gasteiger partial charge is 0.339 e. The molecule has 2 aromatic rings. The summed E-state index contributed by atoms with van der Waals surface area (Å²) in [5.41, 5.74) is 1.38. The number of hydrogen-bond donors (Lipinski definition) is 1. The van der Waals surface area contributed by atoms with Crippen molar-refractivity contribution in [3.8, 4) is 11.4 Å². The molecule has 0 radical (unpaired) electrons. The third-order valence-corrected chi connectivity index (χ3v) is 4.52. The maximum Gasteiger partial charge on any atom is 0.227 e. The first-order chi connectivity index (χ1) is 10.6. The van der Waals surface area contributed by atoms with E-state index in [2.05, 4.69) is 22.4 Å². The van der Waals surface area contributed by atoms with Crippen LogP contribution >= 0.6 is 12.4 Å². The van der Waals surface area contributed by atoms with Gasteiger partial charge in [-0.1, -0.05) is 12.1 Å². The molecule has 1 aromatic carbocycles. The van der Waals surface area contributed by atoms with Crippen LogP contribution in [0.5, 0.6) is 0 Å². The monoisotopic (exact) mass is 339 g/mol. The lowest BCUT2D eigenvalue weighted by molar-refractivity contribution is 0.257. The molecule has 1 aromatic heterocycles. The van der Waals surface area contributed by atoms with Crippen LogP contribution in [0.15, 0.2) is 22.7 Å². The number of piperidine rings is 1. The molecule has 2 atom stereocenters. The quantitative estimate of drug-likeness (QED) is 0.920. The molecule has 0 bridgehead atoms. The van der Waals surface area contributed by atoms with Crippen molar-refractivity contribution >= 4 is 12.4 Å². The molecule has 0 spiro atoms. The van der Waals surface area contributed by atoms with E-state index in [9.17, 15) is 4.39 Å². The zero-order chi connectivity index (χ0) is 15.5. The van der Waals surface area contributed by atoms with Gasteiger partial charge >= 0.3 is 0 Å². The fraction of sp³-hybridized carbons (Fsp3) is 0.529. The smallest absolute Gasteiger partial charge is 0.227 e. The number of halogens is 2. The Hall–Kier alpha value is -1.46. The van der Waals surface area contributed by atoms with E-state index >= 15 is 0 Å². The molecule has 2 unspecified atom stereocenters. The highest BCUT2D eigenvalue weighted by Gasteiger charge is 2.22.